The van der Waals surface area contributed by atoms with Crippen molar-refractivity contribution in [3.8, 4) is 5.75 Å². The number of hydrogen-bond acceptors (Lipinski definition) is 5. The van der Waals surface area contributed by atoms with E-state index in [-0.39, 0.29) is 11.4 Å². The maximum atomic E-state index is 11.9. The maximum Gasteiger partial charge on any atom is 0.241 e. The number of rotatable bonds is 8. The van der Waals surface area contributed by atoms with Gasteiger partial charge in [0.05, 0.1) is 25.2 Å². The van der Waals surface area contributed by atoms with Gasteiger partial charge in [0.15, 0.2) is 0 Å². The van der Waals surface area contributed by atoms with E-state index in [0.717, 1.165) is 0 Å². The lowest BCUT2D eigenvalue weighted by Crippen LogP contribution is -2.38. The van der Waals surface area contributed by atoms with Crippen molar-refractivity contribution in [2.45, 2.75) is 4.90 Å². The third-order valence-corrected chi connectivity index (χ3v) is 3.84. The van der Waals surface area contributed by atoms with Crippen molar-refractivity contribution in [2.75, 3.05) is 33.9 Å². The quantitative estimate of drug-likeness (QED) is 0.645. The van der Waals surface area contributed by atoms with Crippen LogP contribution in [0, 0.1) is 0 Å². The standard InChI is InChI=1S/C12H18N2O5S/c1-18-8-7-13-12(15)9-14-20(16,17)11-5-3-10(19-2)4-6-11/h3-6,14H,7-9H2,1-2H3,(H,13,15). The summed E-state index contributed by atoms with van der Waals surface area (Å²) in [7, 11) is -0.704. The molecule has 0 saturated carbocycles. The number of amides is 1. The number of benzene rings is 1. The van der Waals surface area contributed by atoms with Crippen molar-refractivity contribution in [2.24, 2.45) is 0 Å². The fourth-order valence-corrected chi connectivity index (χ4v) is 2.34. The molecule has 8 heteroatoms. The van der Waals surface area contributed by atoms with Crippen LogP contribution >= 0.6 is 0 Å². The molecule has 7 nitrogen and oxygen atoms in total. The maximum absolute atomic E-state index is 11.9. The smallest absolute Gasteiger partial charge is 0.241 e. The minimum Gasteiger partial charge on any atom is -0.497 e. The molecule has 0 aliphatic heterocycles. The Morgan fingerprint density at radius 2 is 1.85 bits per heavy atom. The summed E-state index contributed by atoms with van der Waals surface area (Å²) in [5, 5.41) is 2.51. The number of hydrogen-bond donors (Lipinski definition) is 2. The number of nitrogens with one attached hydrogen (secondary N) is 2. The second-order valence-corrected chi connectivity index (χ2v) is 5.61. The van der Waals surface area contributed by atoms with Crippen molar-refractivity contribution in [3.05, 3.63) is 24.3 Å². The average Bonchev–Trinajstić information content (AvgIpc) is 2.45. The van der Waals surface area contributed by atoms with Crippen LogP contribution in [0.1, 0.15) is 0 Å². The summed E-state index contributed by atoms with van der Waals surface area (Å²) < 4.78 is 35.7. The van der Waals surface area contributed by atoms with Crippen molar-refractivity contribution in [1.29, 1.82) is 0 Å². The molecule has 0 fully saturated rings. The van der Waals surface area contributed by atoms with Crippen LogP contribution in [0.5, 0.6) is 5.75 Å². The van der Waals surface area contributed by atoms with Gasteiger partial charge in [0.1, 0.15) is 5.75 Å². The first kappa shape index (κ1) is 16.4. The molecule has 0 aliphatic carbocycles. The largest absolute Gasteiger partial charge is 0.497 e. The zero-order chi connectivity index (χ0) is 15.0. The summed E-state index contributed by atoms with van der Waals surface area (Å²) >= 11 is 0. The Hall–Kier alpha value is -1.64. The van der Waals surface area contributed by atoms with Gasteiger partial charge < -0.3 is 14.8 Å². The van der Waals surface area contributed by atoms with Gasteiger partial charge in [-0.2, -0.15) is 0 Å². The van der Waals surface area contributed by atoms with Crippen molar-refractivity contribution < 1.29 is 22.7 Å². The van der Waals surface area contributed by atoms with Gasteiger partial charge in [-0.15, -0.1) is 0 Å². The molecule has 1 rings (SSSR count). The van der Waals surface area contributed by atoms with E-state index in [9.17, 15) is 13.2 Å². The molecule has 0 bridgehead atoms. The van der Waals surface area contributed by atoms with Gasteiger partial charge in [0, 0.05) is 13.7 Å². The van der Waals surface area contributed by atoms with Crippen molar-refractivity contribution >= 4 is 15.9 Å². The summed E-state index contributed by atoms with van der Waals surface area (Å²) in [6.07, 6.45) is 0. The fourth-order valence-electron chi connectivity index (χ4n) is 1.35. The molecule has 1 amide bonds. The Balaban J connectivity index is 2.54. The summed E-state index contributed by atoms with van der Waals surface area (Å²) in [6.45, 7) is 0.384. The zero-order valence-corrected chi connectivity index (χ0v) is 12.2. The predicted molar refractivity (Wildman–Crippen MR) is 73.1 cm³/mol. The van der Waals surface area contributed by atoms with E-state index in [1.54, 1.807) is 0 Å². The third-order valence-electron chi connectivity index (χ3n) is 2.42. The fraction of sp³-hybridized carbons (Fsp3) is 0.417. The Morgan fingerprint density at radius 3 is 2.40 bits per heavy atom. The summed E-state index contributed by atoms with van der Waals surface area (Å²) in [5.41, 5.74) is 0. The first-order valence-corrected chi connectivity index (χ1v) is 7.37. The molecule has 0 radical (unpaired) electrons. The van der Waals surface area contributed by atoms with E-state index in [2.05, 4.69) is 10.0 Å². The van der Waals surface area contributed by atoms with Crippen LogP contribution in [0.15, 0.2) is 29.2 Å². The van der Waals surface area contributed by atoms with Gasteiger partial charge in [-0.05, 0) is 24.3 Å². The van der Waals surface area contributed by atoms with E-state index >= 15 is 0 Å². The molecule has 0 atom stereocenters. The Kier molecular flexibility index (Phi) is 6.43. The highest BCUT2D eigenvalue weighted by Gasteiger charge is 2.15. The SMILES string of the molecule is COCCNC(=O)CNS(=O)(=O)c1ccc(OC)cc1. The predicted octanol–water partition coefficient (Wildman–Crippen LogP) is -0.264. The Morgan fingerprint density at radius 1 is 1.20 bits per heavy atom. The van der Waals surface area contributed by atoms with Crippen LogP contribution in [-0.4, -0.2) is 48.2 Å². The molecule has 0 saturated heterocycles. The summed E-state index contributed by atoms with van der Waals surface area (Å²) in [4.78, 5) is 11.5. The lowest BCUT2D eigenvalue weighted by molar-refractivity contribution is -0.120. The number of carbonyl (C=O) groups is 1. The molecule has 0 spiro atoms. The highest BCUT2D eigenvalue weighted by atomic mass is 32.2. The van der Waals surface area contributed by atoms with Crippen molar-refractivity contribution in [1.82, 2.24) is 10.0 Å². The van der Waals surface area contributed by atoms with Crippen LogP contribution in [0.2, 0.25) is 0 Å². The van der Waals surface area contributed by atoms with Crippen molar-refractivity contribution in [3.63, 3.8) is 0 Å². The minimum atomic E-state index is -3.71. The first-order chi connectivity index (χ1) is 9.49. The van der Waals surface area contributed by atoms with Crippen LogP contribution in [-0.2, 0) is 19.6 Å². The van der Waals surface area contributed by atoms with Crippen LogP contribution in [0.25, 0.3) is 0 Å². The minimum absolute atomic E-state index is 0.0722. The molecule has 1 aromatic carbocycles. The molecule has 20 heavy (non-hydrogen) atoms. The van der Waals surface area contributed by atoms with Crippen LogP contribution in [0.4, 0.5) is 0 Å². The van der Waals surface area contributed by atoms with Crippen LogP contribution in [0.3, 0.4) is 0 Å². The van der Waals surface area contributed by atoms with E-state index < -0.39 is 15.9 Å². The lowest BCUT2D eigenvalue weighted by Gasteiger charge is -2.08. The van der Waals surface area contributed by atoms with Gasteiger partial charge in [-0.1, -0.05) is 0 Å². The summed E-state index contributed by atoms with van der Waals surface area (Å²) in [6, 6.07) is 5.88. The van der Waals surface area contributed by atoms with E-state index in [0.29, 0.717) is 18.9 Å². The molecule has 0 aromatic heterocycles. The topological polar surface area (TPSA) is 93.7 Å². The van der Waals surface area contributed by atoms with Gasteiger partial charge >= 0.3 is 0 Å². The molecular formula is C12H18N2O5S. The molecule has 1 aromatic rings. The summed E-state index contributed by atoms with van der Waals surface area (Å²) in [5.74, 6) is 0.139. The molecular weight excluding hydrogens is 284 g/mol. The lowest BCUT2D eigenvalue weighted by atomic mass is 10.3. The third kappa shape index (κ3) is 5.16. The number of ether oxygens (including phenoxy) is 2. The molecule has 0 heterocycles. The molecule has 112 valence electrons. The molecule has 0 unspecified atom stereocenters. The number of sulfonamides is 1. The van der Waals surface area contributed by atoms with Gasteiger partial charge in [0.25, 0.3) is 0 Å². The second kappa shape index (κ2) is 7.83. The second-order valence-electron chi connectivity index (χ2n) is 3.84. The normalized spacial score (nSPS) is 11.1. The van der Waals surface area contributed by atoms with E-state index in [4.69, 9.17) is 9.47 Å². The highest BCUT2D eigenvalue weighted by Crippen LogP contribution is 2.14. The van der Waals surface area contributed by atoms with Gasteiger partial charge in [-0.25, -0.2) is 13.1 Å². The zero-order valence-electron chi connectivity index (χ0n) is 11.4. The average molecular weight is 302 g/mol. The first-order valence-electron chi connectivity index (χ1n) is 5.89. The van der Waals surface area contributed by atoms with Gasteiger partial charge in [-0.3, -0.25) is 4.79 Å². The van der Waals surface area contributed by atoms with E-state index in [1.165, 1.54) is 38.5 Å². The Labute approximate surface area is 118 Å². The monoisotopic (exact) mass is 302 g/mol. The Bertz CT molecular complexity index is 527. The van der Waals surface area contributed by atoms with E-state index in [1.807, 2.05) is 0 Å². The van der Waals surface area contributed by atoms with Gasteiger partial charge in [0.2, 0.25) is 15.9 Å². The van der Waals surface area contributed by atoms with Crippen LogP contribution < -0.4 is 14.8 Å². The number of methoxy groups -OCH3 is 2. The highest BCUT2D eigenvalue weighted by molar-refractivity contribution is 7.89. The molecule has 2 N–H and O–H groups in total. The number of carbonyl (C=O) groups excluding carboxylic acids is 1. The molecule has 0 aliphatic rings.